The van der Waals surface area contributed by atoms with Crippen LogP contribution in [0, 0.1) is 10.8 Å². The summed E-state index contributed by atoms with van der Waals surface area (Å²) in [5.41, 5.74) is 0.156. The summed E-state index contributed by atoms with van der Waals surface area (Å²) < 4.78 is 0. The predicted octanol–water partition coefficient (Wildman–Crippen LogP) is 3.49. The van der Waals surface area contributed by atoms with E-state index in [-0.39, 0.29) is 10.8 Å². The highest BCUT2D eigenvalue weighted by molar-refractivity contribution is 5.53. The van der Waals surface area contributed by atoms with Crippen LogP contribution in [0.25, 0.3) is 0 Å². The van der Waals surface area contributed by atoms with E-state index in [1.807, 2.05) is 41.5 Å². The Morgan fingerprint density at radius 2 is 0.818 bits per heavy atom. The summed E-state index contributed by atoms with van der Waals surface area (Å²) in [6.45, 7) is 12.7. The molecule has 136 valence electrons. The van der Waals surface area contributed by atoms with Crippen molar-refractivity contribution in [2.24, 2.45) is 10.8 Å². The minimum absolute atomic E-state index is 0.0781. The van der Waals surface area contributed by atoms with Crippen molar-refractivity contribution in [2.75, 3.05) is 13.2 Å². The number of hydrogen-bond donors (Lipinski definition) is 6. The molecule has 0 aromatic carbocycles. The Morgan fingerprint density at radius 1 is 0.682 bits per heavy atom. The zero-order valence-electron chi connectivity index (χ0n) is 13.7. The second-order valence-corrected chi connectivity index (χ2v) is 6.23. The lowest BCUT2D eigenvalue weighted by Gasteiger charge is -2.13. The van der Waals surface area contributed by atoms with Crippen molar-refractivity contribution in [2.45, 2.75) is 41.5 Å². The summed E-state index contributed by atoms with van der Waals surface area (Å²) in [4.78, 5) is 24.9. The van der Waals surface area contributed by atoms with Crippen molar-refractivity contribution in [1.29, 1.82) is 0 Å². The molecular weight excluding hydrogens is 304 g/mol. The van der Waals surface area contributed by atoms with Gasteiger partial charge in [0.2, 0.25) is 0 Å². The molecule has 0 saturated carbocycles. The zero-order chi connectivity index (χ0) is 19.0. The van der Waals surface area contributed by atoms with Gasteiger partial charge in [0.05, 0.1) is 13.2 Å². The van der Waals surface area contributed by atoms with Gasteiger partial charge >= 0.3 is 12.3 Å². The summed E-state index contributed by atoms with van der Waals surface area (Å²) in [5.74, 6) is 0. The molecule has 0 rings (SSSR count). The van der Waals surface area contributed by atoms with Gasteiger partial charge in [-0.15, -0.1) is 0 Å². The summed E-state index contributed by atoms with van der Waals surface area (Å²) >= 11 is 0. The maximum Gasteiger partial charge on any atom is 0.503 e. The van der Waals surface area contributed by atoms with Gasteiger partial charge in [-0.2, -0.15) is 0 Å². The molecule has 10 nitrogen and oxygen atoms in total. The molecule has 0 aliphatic heterocycles. The van der Waals surface area contributed by atoms with Gasteiger partial charge in [-0.05, 0) is 10.8 Å². The molecular formula is C12H28O10. The Hall–Kier alpha value is -1.62. The first-order chi connectivity index (χ1) is 9.59. The van der Waals surface area contributed by atoms with Crippen molar-refractivity contribution in [1.82, 2.24) is 0 Å². The molecule has 0 amide bonds. The lowest BCUT2D eigenvalue weighted by molar-refractivity contribution is -0.258. The van der Waals surface area contributed by atoms with Crippen LogP contribution < -0.4 is 0 Å². The maximum absolute atomic E-state index is 8.56. The van der Waals surface area contributed by atoms with Gasteiger partial charge in [-0.25, -0.2) is 19.4 Å². The highest BCUT2D eigenvalue weighted by atomic mass is 17.1. The first-order valence-corrected chi connectivity index (χ1v) is 5.95. The zero-order valence-corrected chi connectivity index (χ0v) is 13.7. The molecule has 0 saturated heterocycles. The topological polar surface area (TPSA) is 174 Å². The van der Waals surface area contributed by atoms with Crippen LogP contribution in [0.4, 0.5) is 9.59 Å². The largest absolute Gasteiger partial charge is 0.503 e. The van der Waals surface area contributed by atoms with E-state index in [9.17, 15) is 0 Å². The highest BCUT2D eigenvalue weighted by Crippen LogP contribution is 2.11. The second-order valence-electron chi connectivity index (χ2n) is 6.23. The van der Waals surface area contributed by atoms with Gasteiger partial charge < -0.3 is 20.4 Å². The van der Waals surface area contributed by atoms with E-state index in [0.717, 1.165) is 0 Å². The molecule has 0 spiro atoms. The predicted molar refractivity (Wildman–Crippen MR) is 77.4 cm³/mol. The number of hydrogen-bond acceptors (Lipinski definition) is 6. The van der Waals surface area contributed by atoms with E-state index in [2.05, 4.69) is 9.78 Å². The van der Waals surface area contributed by atoms with Crippen LogP contribution in [0.3, 0.4) is 0 Å². The standard InChI is InChI=1S/2C5H12O2.2CH2O3/c2*1-5(2,3)4-7-6;2*2-1(3)4/h2*6H,4H2,1-3H3;2*(H2,2,3,4). The van der Waals surface area contributed by atoms with Gasteiger partial charge in [0.25, 0.3) is 0 Å². The fourth-order valence-corrected chi connectivity index (χ4v) is 0.387. The van der Waals surface area contributed by atoms with Crippen LogP contribution in [-0.4, -0.2) is 56.5 Å². The van der Waals surface area contributed by atoms with E-state index in [4.69, 9.17) is 40.5 Å². The lowest BCUT2D eigenvalue weighted by atomic mass is 9.99. The molecule has 0 bridgehead atoms. The van der Waals surface area contributed by atoms with Crippen LogP contribution in [0.15, 0.2) is 0 Å². The maximum atomic E-state index is 8.56. The van der Waals surface area contributed by atoms with Crippen molar-refractivity contribution in [3.63, 3.8) is 0 Å². The van der Waals surface area contributed by atoms with Gasteiger partial charge in [0, 0.05) is 0 Å². The molecule has 0 aromatic heterocycles. The highest BCUT2D eigenvalue weighted by Gasteiger charge is 2.09. The first-order valence-electron chi connectivity index (χ1n) is 5.95. The molecule has 22 heavy (non-hydrogen) atoms. The third-order valence-electron chi connectivity index (χ3n) is 0.995. The lowest BCUT2D eigenvalue weighted by Crippen LogP contribution is -2.12. The van der Waals surface area contributed by atoms with Crippen molar-refractivity contribution in [3.8, 4) is 0 Å². The van der Waals surface area contributed by atoms with Gasteiger partial charge in [-0.3, -0.25) is 10.5 Å². The Morgan fingerprint density at radius 3 is 0.818 bits per heavy atom. The first kappa shape index (κ1) is 28.5. The Balaban J connectivity index is -0.000000102. The van der Waals surface area contributed by atoms with Crippen molar-refractivity contribution < 1.29 is 50.3 Å². The summed E-state index contributed by atoms with van der Waals surface area (Å²) in [5, 5.41) is 43.7. The smallest absolute Gasteiger partial charge is 0.450 e. The average Bonchev–Trinajstić information content (AvgIpc) is 2.11. The van der Waals surface area contributed by atoms with Crippen LogP contribution in [0.2, 0.25) is 0 Å². The Labute approximate surface area is 129 Å². The number of carboxylic acid groups (broad SMARTS) is 4. The fraction of sp³-hybridized carbons (Fsp3) is 0.833. The molecule has 0 unspecified atom stereocenters. The van der Waals surface area contributed by atoms with Gasteiger partial charge in [0.15, 0.2) is 0 Å². The van der Waals surface area contributed by atoms with E-state index in [0.29, 0.717) is 13.2 Å². The van der Waals surface area contributed by atoms with E-state index in [1.165, 1.54) is 0 Å². The van der Waals surface area contributed by atoms with Crippen LogP contribution >= 0.6 is 0 Å². The Kier molecular flexibility index (Phi) is 20.4. The van der Waals surface area contributed by atoms with Crippen LogP contribution in [0.5, 0.6) is 0 Å². The van der Waals surface area contributed by atoms with Crippen molar-refractivity contribution >= 4 is 12.3 Å². The Bertz CT molecular complexity index is 228. The molecule has 0 heterocycles. The van der Waals surface area contributed by atoms with Gasteiger partial charge in [-0.1, -0.05) is 41.5 Å². The number of carbonyl (C=O) groups is 2. The van der Waals surface area contributed by atoms with Crippen molar-refractivity contribution in [3.05, 3.63) is 0 Å². The monoisotopic (exact) mass is 332 g/mol. The minimum atomic E-state index is -1.83. The minimum Gasteiger partial charge on any atom is -0.450 e. The van der Waals surface area contributed by atoms with Crippen LogP contribution in [0.1, 0.15) is 41.5 Å². The molecule has 0 aromatic rings. The van der Waals surface area contributed by atoms with E-state index in [1.54, 1.807) is 0 Å². The molecule has 0 radical (unpaired) electrons. The number of rotatable bonds is 2. The summed E-state index contributed by atoms with van der Waals surface area (Å²) in [6, 6.07) is 0. The molecule has 6 N–H and O–H groups in total. The van der Waals surface area contributed by atoms with E-state index >= 15 is 0 Å². The average molecular weight is 332 g/mol. The molecule has 0 aliphatic carbocycles. The quantitative estimate of drug-likeness (QED) is 0.324. The molecule has 10 heteroatoms. The van der Waals surface area contributed by atoms with Gasteiger partial charge in [0.1, 0.15) is 0 Å². The molecule has 0 atom stereocenters. The molecule has 0 fully saturated rings. The molecule has 0 aliphatic rings. The third-order valence-corrected chi connectivity index (χ3v) is 0.995. The third kappa shape index (κ3) is 136. The normalized spacial score (nSPS) is 9.82. The summed E-state index contributed by atoms with van der Waals surface area (Å²) in [7, 11) is 0. The van der Waals surface area contributed by atoms with Crippen LogP contribution in [-0.2, 0) is 9.78 Å². The summed E-state index contributed by atoms with van der Waals surface area (Å²) in [6.07, 6.45) is -3.67. The van der Waals surface area contributed by atoms with E-state index < -0.39 is 12.3 Å². The second kappa shape index (κ2) is 15.8. The SMILES string of the molecule is CC(C)(C)COO.CC(C)(C)COO.O=C(O)O.O=C(O)O. The fourth-order valence-electron chi connectivity index (χ4n) is 0.387.